The predicted octanol–water partition coefficient (Wildman–Crippen LogP) is 4.36. The number of amides is 1. The van der Waals surface area contributed by atoms with Crippen molar-refractivity contribution in [1.29, 1.82) is 0 Å². The summed E-state index contributed by atoms with van der Waals surface area (Å²) < 4.78 is 0. The summed E-state index contributed by atoms with van der Waals surface area (Å²) in [7, 11) is 0. The number of carbonyl (C=O) groups excluding carboxylic acids is 1. The predicted molar refractivity (Wildman–Crippen MR) is 101 cm³/mol. The summed E-state index contributed by atoms with van der Waals surface area (Å²) in [6, 6.07) is 15.2. The van der Waals surface area contributed by atoms with Gasteiger partial charge in [0.25, 0.3) is 0 Å². The summed E-state index contributed by atoms with van der Waals surface area (Å²) in [5.74, 6) is 0.0313. The number of para-hydroxylation sites is 1. The van der Waals surface area contributed by atoms with Crippen molar-refractivity contribution in [1.82, 2.24) is 4.90 Å². The molecular weight excluding hydrogens is 343 g/mol. The fourth-order valence-corrected chi connectivity index (χ4v) is 3.10. The first-order chi connectivity index (χ1) is 11.6. The Morgan fingerprint density at radius 1 is 0.917 bits per heavy atom. The molecule has 2 aromatic carbocycles. The maximum Gasteiger partial charge on any atom is 0.246 e. The highest BCUT2D eigenvalue weighted by Crippen LogP contribution is 2.26. The first-order valence-electron chi connectivity index (χ1n) is 7.85. The SMILES string of the molecule is O=C(/C=C/c1ccc(Cl)cc1)N1CCN(c2ccccc2Cl)CC1. The highest BCUT2D eigenvalue weighted by Gasteiger charge is 2.20. The molecule has 124 valence electrons. The Bertz CT molecular complexity index is 735. The third-order valence-corrected chi connectivity index (χ3v) is 4.64. The van der Waals surface area contributed by atoms with E-state index in [1.807, 2.05) is 59.5 Å². The lowest BCUT2D eigenvalue weighted by Gasteiger charge is -2.36. The van der Waals surface area contributed by atoms with E-state index >= 15 is 0 Å². The van der Waals surface area contributed by atoms with Gasteiger partial charge < -0.3 is 9.80 Å². The number of rotatable bonds is 3. The summed E-state index contributed by atoms with van der Waals surface area (Å²) >= 11 is 12.1. The van der Waals surface area contributed by atoms with E-state index in [-0.39, 0.29) is 5.91 Å². The van der Waals surface area contributed by atoms with E-state index in [1.54, 1.807) is 6.08 Å². The van der Waals surface area contributed by atoms with Crippen LogP contribution in [-0.2, 0) is 4.79 Å². The molecule has 0 saturated carbocycles. The van der Waals surface area contributed by atoms with E-state index in [4.69, 9.17) is 23.2 Å². The monoisotopic (exact) mass is 360 g/mol. The summed E-state index contributed by atoms with van der Waals surface area (Å²) in [4.78, 5) is 16.4. The Labute approximate surface area is 152 Å². The van der Waals surface area contributed by atoms with E-state index in [2.05, 4.69) is 4.90 Å². The van der Waals surface area contributed by atoms with Crippen LogP contribution in [0.1, 0.15) is 5.56 Å². The standard InChI is InChI=1S/C19H18Cl2N2O/c20-16-8-5-15(6-9-16)7-10-19(24)23-13-11-22(12-14-23)18-4-2-1-3-17(18)21/h1-10H,11-14H2/b10-7+. The second-order valence-electron chi connectivity index (χ2n) is 5.65. The lowest BCUT2D eigenvalue weighted by Crippen LogP contribution is -2.48. The fraction of sp³-hybridized carbons (Fsp3) is 0.211. The van der Waals surface area contributed by atoms with Crippen LogP contribution in [0.2, 0.25) is 10.0 Å². The average molecular weight is 361 g/mol. The maximum absolute atomic E-state index is 12.3. The number of hydrogen-bond donors (Lipinski definition) is 0. The van der Waals surface area contributed by atoms with Crippen molar-refractivity contribution >= 4 is 40.9 Å². The van der Waals surface area contributed by atoms with Crippen molar-refractivity contribution in [3.05, 3.63) is 70.2 Å². The van der Waals surface area contributed by atoms with E-state index in [0.717, 1.165) is 29.4 Å². The Morgan fingerprint density at radius 2 is 1.58 bits per heavy atom. The number of halogens is 2. The van der Waals surface area contributed by atoms with Gasteiger partial charge >= 0.3 is 0 Å². The summed E-state index contributed by atoms with van der Waals surface area (Å²) in [6.45, 7) is 2.94. The van der Waals surface area contributed by atoms with E-state index in [9.17, 15) is 4.79 Å². The van der Waals surface area contributed by atoms with Gasteiger partial charge in [-0.15, -0.1) is 0 Å². The first kappa shape index (κ1) is 16.9. The number of piperazine rings is 1. The van der Waals surface area contributed by atoms with Crippen LogP contribution >= 0.6 is 23.2 Å². The van der Waals surface area contributed by atoms with Crippen LogP contribution in [0.25, 0.3) is 6.08 Å². The third kappa shape index (κ3) is 4.11. The van der Waals surface area contributed by atoms with Gasteiger partial charge in [-0.3, -0.25) is 4.79 Å². The molecule has 0 aromatic heterocycles. The summed E-state index contributed by atoms with van der Waals surface area (Å²) in [5, 5.41) is 1.44. The van der Waals surface area contributed by atoms with Crippen molar-refractivity contribution in [2.45, 2.75) is 0 Å². The molecule has 1 amide bonds. The lowest BCUT2D eigenvalue weighted by atomic mass is 10.2. The van der Waals surface area contributed by atoms with Gasteiger partial charge in [0.05, 0.1) is 10.7 Å². The number of benzene rings is 2. The number of carbonyl (C=O) groups is 1. The van der Waals surface area contributed by atoms with Crippen LogP contribution in [0.5, 0.6) is 0 Å². The van der Waals surface area contributed by atoms with Gasteiger partial charge in [-0.2, -0.15) is 0 Å². The van der Waals surface area contributed by atoms with Gasteiger partial charge in [0, 0.05) is 37.3 Å². The van der Waals surface area contributed by atoms with Gasteiger partial charge in [0.1, 0.15) is 0 Å². The molecule has 3 rings (SSSR count). The van der Waals surface area contributed by atoms with Crippen LogP contribution < -0.4 is 4.90 Å². The van der Waals surface area contributed by atoms with E-state index < -0.39 is 0 Å². The molecule has 1 fully saturated rings. The molecule has 1 aliphatic heterocycles. The van der Waals surface area contributed by atoms with Crippen molar-refractivity contribution in [2.24, 2.45) is 0 Å². The van der Waals surface area contributed by atoms with Gasteiger partial charge in [0.15, 0.2) is 0 Å². The van der Waals surface area contributed by atoms with Crippen LogP contribution in [0.3, 0.4) is 0 Å². The fourth-order valence-electron chi connectivity index (χ4n) is 2.72. The Hall–Kier alpha value is -1.97. The summed E-state index contributed by atoms with van der Waals surface area (Å²) in [5.41, 5.74) is 1.99. The van der Waals surface area contributed by atoms with Gasteiger partial charge in [-0.1, -0.05) is 47.5 Å². The number of nitrogens with zero attached hydrogens (tertiary/aromatic N) is 2. The topological polar surface area (TPSA) is 23.6 Å². The zero-order valence-corrected chi connectivity index (χ0v) is 14.7. The molecule has 2 aromatic rings. The zero-order chi connectivity index (χ0) is 16.9. The molecule has 1 aliphatic rings. The minimum atomic E-state index is 0.0313. The molecule has 1 heterocycles. The van der Waals surface area contributed by atoms with E-state index in [1.165, 1.54) is 0 Å². The molecule has 0 spiro atoms. The highest BCUT2D eigenvalue weighted by molar-refractivity contribution is 6.33. The molecule has 0 atom stereocenters. The third-order valence-electron chi connectivity index (χ3n) is 4.07. The van der Waals surface area contributed by atoms with Crippen LogP contribution in [0.15, 0.2) is 54.6 Å². The lowest BCUT2D eigenvalue weighted by molar-refractivity contribution is -0.126. The largest absolute Gasteiger partial charge is 0.367 e. The molecule has 3 nitrogen and oxygen atoms in total. The van der Waals surface area contributed by atoms with Gasteiger partial charge in [0.2, 0.25) is 5.91 Å². The highest BCUT2D eigenvalue weighted by atomic mass is 35.5. The smallest absolute Gasteiger partial charge is 0.246 e. The maximum atomic E-state index is 12.3. The molecule has 24 heavy (non-hydrogen) atoms. The van der Waals surface area contributed by atoms with E-state index in [0.29, 0.717) is 18.1 Å². The zero-order valence-electron chi connectivity index (χ0n) is 13.2. The van der Waals surface area contributed by atoms with Crippen LogP contribution in [-0.4, -0.2) is 37.0 Å². The van der Waals surface area contributed by atoms with Crippen molar-refractivity contribution < 1.29 is 4.79 Å². The van der Waals surface area contributed by atoms with Crippen LogP contribution in [0.4, 0.5) is 5.69 Å². The number of anilines is 1. The Balaban J connectivity index is 1.57. The second-order valence-corrected chi connectivity index (χ2v) is 6.49. The molecule has 0 bridgehead atoms. The minimum absolute atomic E-state index is 0.0313. The molecule has 1 saturated heterocycles. The molecule has 5 heteroatoms. The molecule has 0 radical (unpaired) electrons. The molecule has 0 unspecified atom stereocenters. The van der Waals surface area contributed by atoms with Crippen molar-refractivity contribution in [3.63, 3.8) is 0 Å². The van der Waals surface area contributed by atoms with Crippen LogP contribution in [0, 0.1) is 0 Å². The molecular formula is C19H18Cl2N2O. The normalized spacial score (nSPS) is 15.1. The quantitative estimate of drug-likeness (QED) is 0.759. The average Bonchev–Trinajstić information content (AvgIpc) is 2.61. The van der Waals surface area contributed by atoms with Gasteiger partial charge in [-0.25, -0.2) is 0 Å². The minimum Gasteiger partial charge on any atom is -0.367 e. The number of hydrogen-bond acceptors (Lipinski definition) is 2. The molecule has 0 aliphatic carbocycles. The first-order valence-corrected chi connectivity index (χ1v) is 8.61. The van der Waals surface area contributed by atoms with Gasteiger partial charge in [-0.05, 0) is 35.9 Å². The second kappa shape index (κ2) is 7.73. The molecule has 0 N–H and O–H groups in total. The Kier molecular flexibility index (Phi) is 5.44. The van der Waals surface area contributed by atoms with Crippen molar-refractivity contribution in [2.75, 3.05) is 31.1 Å². The summed E-state index contributed by atoms with van der Waals surface area (Å²) in [6.07, 6.45) is 3.44. The Morgan fingerprint density at radius 3 is 2.25 bits per heavy atom. The van der Waals surface area contributed by atoms with Crippen molar-refractivity contribution in [3.8, 4) is 0 Å².